The molecule has 0 radical (unpaired) electrons. The molecule has 0 fully saturated rings. The van der Waals surface area contributed by atoms with Gasteiger partial charge in [-0.3, -0.25) is 14.7 Å². The molecule has 182 valence electrons. The molecule has 1 N–H and O–H groups in total. The Balaban J connectivity index is 0.000000233. The van der Waals surface area contributed by atoms with Crippen molar-refractivity contribution in [3.63, 3.8) is 0 Å². The fraction of sp³-hybridized carbons (Fsp3) is 0.0385. The number of rotatable bonds is 4. The van der Waals surface area contributed by atoms with Gasteiger partial charge < -0.3 is 0 Å². The van der Waals surface area contributed by atoms with Crippen molar-refractivity contribution >= 4 is 59.9 Å². The SMILES string of the molecule is Cc1ccccc1S(=O)(=O)O.O=[N+]([O-])c1ccc(-c2nc3c(-c4ccccc4I)cccc3s2)cc1. The minimum Gasteiger partial charge on any atom is -0.282 e. The second kappa shape index (κ2) is 10.8. The average Bonchev–Trinajstić information content (AvgIpc) is 3.29. The summed E-state index contributed by atoms with van der Waals surface area (Å²) in [5, 5.41) is 11.7. The van der Waals surface area contributed by atoms with Gasteiger partial charge in [0.15, 0.2) is 0 Å². The Morgan fingerprint density at radius 3 is 2.14 bits per heavy atom. The van der Waals surface area contributed by atoms with E-state index in [4.69, 9.17) is 9.54 Å². The minimum absolute atomic E-state index is 0.0278. The van der Waals surface area contributed by atoms with Crippen molar-refractivity contribution < 1.29 is 17.9 Å². The summed E-state index contributed by atoms with van der Waals surface area (Å²) in [5.41, 5.74) is 4.76. The second-order valence-electron chi connectivity index (χ2n) is 7.70. The van der Waals surface area contributed by atoms with E-state index in [1.807, 2.05) is 18.2 Å². The van der Waals surface area contributed by atoms with Gasteiger partial charge in [0.05, 0.1) is 20.0 Å². The van der Waals surface area contributed by atoms with E-state index in [2.05, 4.69) is 46.9 Å². The van der Waals surface area contributed by atoms with Crippen LogP contribution in [-0.2, 0) is 10.1 Å². The highest BCUT2D eigenvalue weighted by molar-refractivity contribution is 14.1. The molecule has 0 bridgehead atoms. The van der Waals surface area contributed by atoms with E-state index in [-0.39, 0.29) is 10.6 Å². The van der Waals surface area contributed by atoms with Crippen LogP contribution in [0.15, 0.2) is 95.9 Å². The number of thiazole rings is 1. The number of aromatic nitrogens is 1. The number of aryl methyl sites for hydroxylation is 1. The molecule has 0 atom stereocenters. The van der Waals surface area contributed by atoms with Gasteiger partial charge >= 0.3 is 0 Å². The lowest BCUT2D eigenvalue weighted by Gasteiger charge is -2.05. The Labute approximate surface area is 225 Å². The van der Waals surface area contributed by atoms with Gasteiger partial charge in [-0.05, 0) is 71.0 Å². The van der Waals surface area contributed by atoms with E-state index in [9.17, 15) is 18.5 Å². The van der Waals surface area contributed by atoms with Gasteiger partial charge in [0.1, 0.15) is 5.01 Å². The minimum atomic E-state index is -4.03. The highest BCUT2D eigenvalue weighted by Crippen LogP contribution is 2.37. The Bertz CT molecular complexity index is 1670. The fourth-order valence-corrected chi connectivity index (χ4v) is 5.94. The standard InChI is InChI=1S/C19H11IN2O2S.C7H8O3S/c20-16-6-2-1-4-14(16)15-5-3-7-17-18(15)21-19(25-17)12-8-10-13(11-9-12)22(23)24;1-6-4-2-3-5-7(6)11(8,9)10/h1-11H;2-5H,1H3,(H,8,9,10). The van der Waals surface area contributed by atoms with E-state index in [0.29, 0.717) is 5.56 Å². The molecule has 0 saturated heterocycles. The van der Waals surface area contributed by atoms with Crippen LogP contribution in [0.2, 0.25) is 0 Å². The normalized spacial score (nSPS) is 11.1. The summed E-state index contributed by atoms with van der Waals surface area (Å²) in [6, 6.07) is 27.2. The highest BCUT2D eigenvalue weighted by Gasteiger charge is 2.14. The number of nitro groups is 1. The topological polar surface area (TPSA) is 110 Å². The van der Waals surface area contributed by atoms with Crippen LogP contribution in [-0.4, -0.2) is 22.9 Å². The number of para-hydroxylation sites is 1. The van der Waals surface area contributed by atoms with Gasteiger partial charge in [-0.15, -0.1) is 11.3 Å². The van der Waals surface area contributed by atoms with Crippen LogP contribution in [0, 0.1) is 20.6 Å². The molecule has 1 aromatic heterocycles. The van der Waals surface area contributed by atoms with E-state index in [1.165, 1.54) is 21.8 Å². The zero-order valence-electron chi connectivity index (χ0n) is 18.8. The molecule has 0 spiro atoms. The molecule has 0 aliphatic heterocycles. The lowest BCUT2D eigenvalue weighted by molar-refractivity contribution is -0.384. The van der Waals surface area contributed by atoms with Crippen molar-refractivity contribution in [3.8, 4) is 21.7 Å². The molecular weight excluding hydrogens is 611 g/mol. The summed E-state index contributed by atoms with van der Waals surface area (Å²) >= 11 is 3.93. The summed E-state index contributed by atoms with van der Waals surface area (Å²) in [7, 11) is -4.03. The summed E-state index contributed by atoms with van der Waals surface area (Å²) in [6.07, 6.45) is 0. The molecule has 0 saturated carbocycles. The zero-order valence-corrected chi connectivity index (χ0v) is 22.6. The number of halogens is 1. The molecule has 0 aliphatic rings. The van der Waals surface area contributed by atoms with Crippen molar-refractivity contribution in [2.45, 2.75) is 11.8 Å². The number of nitro benzene ring substituents is 1. The molecule has 4 aromatic carbocycles. The smallest absolute Gasteiger partial charge is 0.282 e. The second-order valence-corrected chi connectivity index (χ2v) is 11.3. The number of hydrogen-bond acceptors (Lipinski definition) is 6. The van der Waals surface area contributed by atoms with E-state index in [1.54, 1.807) is 48.6 Å². The van der Waals surface area contributed by atoms with Crippen molar-refractivity contribution in [1.82, 2.24) is 4.98 Å². The fourth-order valence-electron chi connectivity index (χ4n) is 3.54. The van der Waals surface area contributed by atoms with Crippen LogP contribution >= 0.6 is 33.9 Å². The Morgan fingerprint density at radius 2 is 1.53 bits per heavy atom. The molecule has 0 aliphatic carbocycles. The molecule has 5 rings (SSSR count). The third-order valence-electron chi connectivity index (χ3n) is 5.28. The number of fused-ring (bicyclic) bond motifs is 1. The maximum atomic E-state index is 10.8. The molecule has 1 heterocycles. The number of benzene rings is 4. The lowest BCUT2D eigenvalue weighted by atomic mass is 10.0. The van der Waals surface area contributed by atoms with Crippen LogP contribution in [0.5, 0.6) is 0 Å². The quantitative estimate of drug-likeness (QED) is 0.0960. The van der Waals surface area contributed by atoms with Crippen LogP contribution in [0.3, 0.4) is 0 Å². The largest absolute Gasteiger partial charge is 0.294 e. The number of non-ortho nitro benzene ring substituents is 1. The zero-order chi connectivity index (χ0) is 25.9. The maximum Gasteiger partial charge on any atom is 0.294 e. The molecule has 0 unspecified atom stereocenters. The van der Waals surface area contributed by atoms with Crippen molar-refractivity contribution in [3.05, 3.63) is 110 Å². The summed E-state index contributed by atoms with van der Waals surface area (Å²) in [6.45, 7) is 1.63. The van der Waals surface area contributed by atoms with Crippen molar-refractivity contribution in [1.29, 1.82) is 0 Å². The van der Waals surface area contributed by atoms with Crippen LogP contribution in [0.4, 0.5) is 5.69 Å². The molecule has 36 heavy (non-hydrogen) atoms. The van der Waals surface area contributed by atoms with Gasteiger partial charge in [-0.2, -0.15) is 8.42 Å². The van der Waals surface area contributed by atoms with Crippen molar-refractivity contribution in [2.75, 3.05) is 0 Å². The van der Waals surface area contributed by atoms with Gasteiger partial charge in [0.2, 0.25) is 0 Å². The molecule has 7 nitrogen and oxygen atoms in total. The third-order valence-corrected chi connectivity index (χ3v) is 8.30. The molecule has 5 aromatic rings. The van der Waals surface area contributed by atoms with E-state index >= 15 is 0 Å². The number of hydrogen-bond donors (Lipinski definition) is 1. The lowest BCUT2D eigenvalue weighted by Crippen LogP contribution is -1.99. The maximum absolute atomic E-state index is 10.8. The Kier molecular flexibility index (Phi) is 7.79. The average molecular weight is 630 g/mol. The first-order valence-electron chi connectivity index (χ1n) is 10.6. The van der Waals surface area contributed by atoms with Gasteiger partial charge in [-0.25, -0.2) is 4.98 Å². The summed E-state index contributed by atoms with van der Waals surface area (Å²) in [4.78, 5) is 15.2. The van der Waals surface area contributed by atoms with E-state index < -0.39 is 15.0 Å². The first-order chi connectivity index (χ1) is 17.1. The highest BCUT2D eigenvalue weighted by atomic mass is 127. The first kappa shape index (κ1) is 25.9. The summed E-state index contributed by atoms with van der Waals surface area (Å²) in [5.74, 6) is 0. The number of nitrogens with zero attached hydrogens (tertiary/aromatic N) is 2. The predicted octanol–water partition coefficient (Wildman–Crippen LogP) is 7.38. The van der Waals surface area contributed by atoms with Crippen LogP contribution in [0.1, 0.15) is 5.56 Å². The Morgan fingerprint density at radius 1 is 0.889 bits per heavy atom. The van der Waals surface area contributed by atoms with Gasteiger partial charge in [0.25, 0.3) is 15.8 Å². The first-order valence-corrected chi connectivity index (χ1v) is 13.9. The molecule has 0 amide bonds. The van der Waals surface area contributed by atoms with Crippen molar-refractivity contribution in [2.24, 2.45) is 0 Å². The van der Waals surface area contributed by atoms with Gasteiger partial charge in [0, 0.05) is 26.8 Å². The van der Waals surface area contributed by atoms with Gasteiger partial charge in [-0.1, -0.05) is 48.5 Å². The Hall–Kier alpha value is -3.19. The molecular formula is C26H19IN2O5S2. The van der Waals surface area contributed by atoms with E-state index in [0.717, 1.165) is 31.9 Å². The predicted molar refractivity (Wildman–Crippen MR) is 151 cm³/mol. The summed E-state index contributed by atoms with van der Waals surface area (Å²) < 4.78 is 32.1. The van der Waals surface area contributed by atoms with Crippen LogP contribution in [0.25, 0.3) is 31.9 Å². The van der Waals surface area contributed by atoms with Crippen LogP contribution < -0.4 is 0 Å². The molecule has 10 heteroatoms. The monoisotopic (exact) mass is 630 g/mol. The third kappa shape index (κ3) is 5.78.